The van der Waals surface area contributed by atoms with Gasteiger partial charge in [0, 0.05) is 13.0 Å². The third kappa shape index (κ3) is 3.97. The molecule has 0 aromatic carbocycles. The lowest BCUT2D eigenvalue weighted by molar-refractivity contribution is -0.329. The minimum atomic E-state index is -0.191. The Morgan fingerprint density at radius 2 is 2.03 bits per heavy atom. The van der Waals surface area contributed by atoms with Crippen LogP contribution < -0.4 is 15.2 Å². The van der Waals surface area contributed by atoms with Crippen molar-refractivity contribution in [2.24, 2.45) is 5.92 Å². The summed E-state index contributed by atoms with van der Waals surface area (Å²) in [5.41, 5.74) is 3.48. The maximum Gasteiger partial charge on any atom is 0.281 e. The zero-order chi connectivity index (χ0) is 21.6. The molecule has 0 unspecified atom stereocenters. The van der Waals surface area contributed by atoms with Crippen LogP contribution in [0.1, 0.15) is 45.2 Å². The summed E-state index contributed by atoms with van der Waals surface area (Å²) in [6, 6.07) is 0. The number of nitrogens with one attached hydrogen (secondary N) is 2. The van der Waals surface area contributed by atoms with Crippen molar-refractivity contribution in [3.8, 4) is 0 Å². The van der Waals surface area contributed by atoms with E-state index in [0.29, 0.717) is 12.5 Å². The molecule has 2 aliphatic rings. The molecular formula is C23H32N5O2S+. The second-order valence-corrected chi connectivity index (χ2v) is 10.6. The standard InChI is InChI=1S/C23H31N5O2S/c1-14(2)5-6-24-20-19-18(25-13-26-20)17-15-11-23(3,4)30-12-16(15)21(27-22(17)31-19)28-7-9-29-10-8-28/h13-14H,5-12H2,1-4H3,(H,24,25,26)/p+1. The number of hydrogen-bond acceptors (Lipinski definition) is 7. The summed E-state index contributed by atoms with van der Waals surface area (Å²) in [5.74, 6) is 2.77. The number of ether oxygens (including phenoxy) is 2. The summed E-state index contributed by atoms with van der Waals surface area (Å²) in [7, 11) is 0. The molecule has 1 fully saturated rings. The van der Waals surface area contributed by atoms with Crippen LogP contribution in [0.4, 0.5) is 11.6 Å². The average molecular weight is 443 g/mol. The van der Waals surface area contributed by atoms with Crippen LogP contribution in [-0.2, 0) is 22.5 Å². The first-order valence-electron chi connectivity index (χ1n) is 11.3. The van der Waals surface area contributed by atoms with Crippen molar-refractivity contribution in [3.63, 3.8) is 0 Å². The largest absolute Gasteiger partial charge is 0.373 e. The molecule has 0 bridgehead atoms. The molecule has 0 atom stereocenters. The molecule has 2 N–H and O–H groups in total. The van der Waals surface area contributed by atoms with Gasteiger partial charge in [0.1, 0.15) is 29.9 Å². The van der Waals surface area contributed by atoms with Gasteiger partial charge in [0.2, 0.25) is 0 Å². The molecular weight excluding hydrogens is 410 g/mol. The topological polar surface area (TPSA) is 73.7 Å². The van der Waals surface area contributed by atoms with Gasteiger partial charge in [-0.1, -0.05) is 25.2 Å². The van der Waals surface area contributed by atoms with Crippen LogP contribution in [-0.4, -0.2) is 48.4 Å². The third-order valence-electron chi connectivity index (χ3n) is 6.21. The smallest absolute Gasteiger partial charge is 0.281 e. The van der Waals surface area contributed by atoms with E-state index in [1.54, 1.807) is 17.7 Å². The van der Waals surface area contributed by atoms with Gasteiger partial charge in [0.25, 0.3) is 5.82 Å². The normalized spacial score (nSPS) is 18.7. The molecule has 0 radical (unpaired) electrons. The number of pyridine rings is 1. The highest BCUT2D eigenvalue weighted by molar-refractivity contribution is 7.25. The number of H-pyrrole nitrogens is 1. The molecule has 0 spiro atoms. The SMILES string of the molecule is CC(C)CCNc1ncnc2c1sc1[nH+]c(N3CCOCC3)c3c(c12)CC(C)(C)OC3. The van der Waals surface area contributed by atoms with Crippen LogP contribution in [0.15, 0.2) is 6.33 Å². The summed E-state index contributed by atoms with van der Waals surface area (Å²) in [5, 5.41) is 4.78. The molecule has 0 saturated carbocycles. The molecule has 5 heterocycles. The number of aromatic amines is 1. The Morgan fingerprint density at radius 3 is 2.81 bits per heavy atom. The van der Waals surface area contributed by atoms with E-state index < -0.39 is 0 Å². The number of rotatable bonds is 5. The van der Waals surface area contributed by atoms with Crippen molar-refractivity contribution in [3.05, 3.63) is 17.5 Å². The van der Waals surface area contributed by atoms with Gasteiger partial charge in [-0.05, 0) is 31.7 Å². The van der Waals surface area contributed by atoms with E-state index in [1.807, 2.05) is 0 Å². The van der Waals surface area contributed by atoms with Gasteiger partial charge in [-0.3, -0.25) is 4.90 Å². The maximum atomic E-state index is 6.24. The fraction of sp³-hybridized carbons (Fsp3) is 0.609. The predicted octanol–water partition coefficient (Wildman–Crippen LogP) is 3.80. The van der Waals surface area contributed by atoms with E-state index in [9.17, 15) is 0 Å². The molecule has 3 aromatic heterocycles. The van der Waals surface area contributed by atoms with E-state index in [2.05, 4.69) is 47.9 Å². The Hall–Kier alpha value is -2.03. The maximum absolute atomic E-state index is 6.24. The van der Waals surface area contributed by atoms with Gasteiger partial charge in [0.05, 0.1) is 41.9 Å². The number of aromatic nitrogens is 3. The van der Waals surface area contributed by atoms with Crippen LogP contribution >= 0.6 is 11.3 Å². The first-order chi connectivity index (χ1) is 14.9. The van der Waals surface area contributed by atoms with Crippen LogP contribution in [0.5, 0.6) is 0 Å². The molecule has 2 aliphatic heterocycles. The Kier molecular flexibility index (Phi) is 5.48. The van der Waals surface area contributed by atoms with Crippen LogP contribution in [0.3, 0.4) is 0 Å². The minimum Gasteiger partial charge on any atom is -0.373 e. The van der Waals surface area contributed by atoms with Gasteiger partial charge >= 0.3 is 0 Å². The first-order valence-corrected chi connectivity index (χ1v) is 12.1. The van der Waals surface area contributed by atoms with E-state index in [-0.39, 0.29) is 5.60 Å². The zero-order valence-corrected chi connectivity index (χ0v) is 19.7. The number of fused-ring (bicyclic) bond motifs is 5. The van der Waals surface area contributed by atoms with Crippen molar-refractivity contribution >= 4 is 43.4 Å². The van der Waals surface area contributed by atoms with Crippen molar-refractivity contribution in [1.29, 1.82) is 0 Å². The Bertz CT molecular complexity index is 1100. The third-order valence-corrected chi connectivity index (χ3v) is 7.31. The summed E-state index contributed by atoms with van der Waals surface area (Å²) in [6.45, 7) is 13.7. The van der Waals surface area contributed by atoms with Gasteiger partial charge in [-0.2, -0.15) is 0 Å². The van der Waals surface area contributed by atoms with Gasteiger partial charge in [0.15, 0.2) is 4.83 Å². The van der Waals surface area contributed by atoms with Crippen molar-refractivity contribution < 1.29 is 14.5 Å². The lowest BCUT2D eigenvalue weighted by Gasteiger charge is -2.33. The summed E-state index contributed by atoms with van der Waals surface area (Å²) in [6.07, 6.45) is 3.68. The molecule has 3 aromatic rings. The Morgan fingerprint density at radius 1 is 1.23 bits per heavy atom. The number of thiophene rings is 1. The monoisotopic (exact) mass is 442 g/mol. The summed E-state index contributed by atoms with van der Waals surface area (Å²) in [4.78, 5) is 16.6. The summed E-state index contributed by atoms with van der Waals surface area (Å²) < 4.78 is 13.0. The number of morpholine rings is 1. The van der Waals surface area contributed by atoms with Crippen LogP contribution in [0.25, 0.3) is 20.4 Å². The van der Waals surface area contributed by atoms with Gasteiger partial charge < -0.3 is 14.8 Å². The second-order valence-electron chi connectivity index (χ2n) is 9.57. The molecule has 0 amide bonds. The first kappa shape index (κ1) is 20.8. The van der Waals surface area contributed by atoms with Crippen molar-refractivity contribution in [1.82, 2.24) is 9.97 Å². The van der Waals surface area contributed by atoms with E-state index in [0.717, 1.165) is 61.7 Å². The lowest BCUT2D eigenvalue weighted by atomic mass is 9.90. The lowest BCUT2D eigenvalue weighted by Crippen LogP contribution is -2.42. The van der Waals surface area contributed by atoms with E-state index in [4.69, 9.17) is 14.5 Å². The Labute approximate surface area is 187 Å². The fourth-order valence-corrected chi connectivity index (χ4v) is 5.66. The highest BCUT2D eigenvalue weighted by Gasteiger charge is 2.36. The average Bonchev–Trinajstić information content (AvgIpc) is 3.12. The molecule has 31 heavy (non-hydrogen) atoms. The van der Waals surface area contributed by atoms with Gasteiger partial charge in [-0.15, -0.1) is 0 Å². The highest BCUT2D eigenvalue weighted by Crippen LogP contribution is 2.42. The Balaban J connectivity index is 1.67. The molecule has 7 nitrogen and oxygen atoms in total. The fourth-order valence-electron chi connectivity index (χ4n) is 4.51. The van der Waals surface area contributed by atoms with Gasteiger partial charge in [-0.25, -0.2) is 15.0 Å². The predicted molar refractivity (Wildman–Crippen MR) is 125 cm³/mol. The molecule has 1 saturated heterocycles. The quantitative estimate of drug-likeness (QED) is 0.648. The summed E-state index contributed by atoms with van der Waals surface area (Å²) >= 11 is 1.76. The van der Waals surface area contributed by atoms with Crippen LogP contribution in [0.2, 0.25) is 0 Å². The van der Waals surface area contributed by atoms with Crippen LogP contribution in [0, 0.1) is 5.92 Å². The highest BCUT2D eigenvalue weighted by atomic mass is 32.1. The minimum absolute atomic E-state index is 0.191. The van der Waals surface area contributed by atoms with E-state index in [1.165, 1.54) is 27.2 Å². The van der Waals surface area contributed by atoms with Crippen molar-refractivity contribution in [2.75, 3.05) is 43.1 Å². The zero-order valence-electron chi connectivity index (χ0n) is 18.9. The van der Waals surface area contributed by atoms with E-state index >= 15 is 0 Å². The molecule has 5 rings (SSSR count). The number of nitrogens with zero attached hydrogens (tertiary/aromatic N) is 3. The van der Waals surface area contributed by atoms with Crippen molar-refractivity contribution in [2.45, 2.75) is 52.7 Å². The number of anilines is 2. The molecule has 0 aliphatic carbocycles. The molecule has 166 valence electrons. The second kappa shape index (κ2) is 8.15. The molecule has 8 heteroatoms. The number of hydrogen-bond donors (Lipinski definition) is 1.